The predicted molar refractivity (Wildman–Crippen MR) is 124 cm³/mol. The highest BCUT2D eigenvalue weighted by Gasteiger charge is 2.19. The van der Waals surface area contributed by atoms with Crippen molar-refractivity contribution in [3.8, 4) is 22.8 Å². The number of aryl methyl sites for hydroxylation is 1. The molecule has 1 aromatic heterocycles. The van der Waals surface area contributed by atoms with Gasteiger partial charge in [-0.3, -0.25) is 9.36 Å². The summed E-state index contributed by atoms with van der Waals surface area (Å²) in [6, 6.07) is 25.2. The standard InChI is InChI=1S/C24H22N4O2S/c1-17-12-14-18(15-13-17)25-22(29)16-31-24-27-26-23(20-10-6-7-11-21(20)30-2)28(24)19-8-4-3-5-9-19/h3-15H,16H2,1-2H3,(H,25,29). The molecule has 4 aromatic rings. The van der Waals surface area contributed by atoms with E-state index in [1.165, 1.54) is 11.8 Å². The largest absolute Gasteiger partial charge is 0.496 e. The van der Waals surface area contributed by atoms with Crippen LogP contribution in [0.2, 0.25) is 0 Å². The molecule has 0 unspecified atom stereocenters. The van der Waals surface area contributed by atoms with Crippen molar-refractivity contribution in [1.29, 1.82) is 0 Å². The number of anilines is 1. The molecule has 6 nitrogen and oxygen atoms in total. The molecule has 7 heteroatoms. The Hall–Kier alpha value is -3.58. The monoisotopic (exact) mass is 430 g/mol. The van der Waals surface area contributed by atoms with E-state index in [0.717, 1.165) is 22.5 Å². The maximum absolute atomic E-state index is 12.5. The molecule has 0 aliphatic heterocycles. The number of carbonyl (C=O) groups excluding carboxylic acids is 1. The molecule has 0 atom stereocenters. The van der Waals surface area contributed by atoms with Crippen molar-refractivity contribution < 1.29 is 9.53 Å². The lowest BCUT2D eigenvalue weighted by Gasteiger charge is -2.12. The molecule has 156 valence electrons. The van der Waals surface area contributed by atoms with Gasteiger partial charge in [0.25, 0.3) is 0 Å². The third kappa shape index (κ3) is 4.78. The molecule has 0 aliphatic rings. The molecule has 1 heterocycles. The lowest BCUT2D eigenvalue weighted by molar-refractivity contribution is -0.113. The van der Waals surface area contributed by atoms with Crippen LogP contribution < -0.4 is 10.1 Å². The molecule has 0 radical (unpaired) electrons. The third-order valence-electron chi connectivity index (χ3n) is 4.66. The fourth-order valence-corrected chi connectivity index (χ4v) is 3.89. The number of carbonyl (C=O) groups is 1. The minimum atomic E-state index is -0.102. The summed E-state index contributed by atoms with van der Waals surface area (Å²) in [5.41, 5.74) is 3.66. The van der Waals surface area contributed by atoms with Gasteiger partial charge < -0.3 is 10.1 Å². The van der Waals surface area contributed by atoms with Gasteiger partial charge in [0, 0.05) is 11.4 Å². The fourth-order valence-electron chi connectivity index (χ4n) is 3.14. The average molecular weight is 431 g/mol. The molecule has 3 aromatic carbocycles. The van der Waals surface area contributed by atoms with Crippen molar-refractivity contribution in [2.45, 2.75) is 12.1 Å². The predicted octanol–water partition coefficient (Wildman–Crippen LogP) is 4.98. The highest BCUT2D eigenvalue weighted by atomic mass is 32.2. The third-order valence-corrected chi connectivity index (χ3v) is 5.59. The highest BCUT2D eigenvalue weighted by molar-refractivity contribution is 7.99. The topological polar surface area (TPSA) is 69.0 Å². The van der Waals surface area contributed by atoms with Crippen LogP contribution in [-0.4, -0.2) is 33.5 Å². The van der Waals surface area contributed by atoms with E-state index in [2.05, 4.69) is 15.5 Å². The molecule has 1 amide bonds. The van der Waals surface area contributed by atoms with E-state index in [1.54, 1.807) is 7.11 Å². The molecular formula is C24H22N4O2S. The normalized spacial score (nSPS) is 10.6. The van der Waals surface area contributed by atoms with Crippen molar-refractivity contribution in [3.05, 3.63) is 84.4 Å². The SMILES string of the molecule is COc1ccccc1-c1nnc(SCC(=O)Nc2ccc(C)cc2)n1-c1ccccc1. The van der Waals surface area contributed by atoms with E-state index < -0.39 is 0 Å². The van der Waals surface area contributed by atoms with E-state index in [-0.39, 0.29) is 11.7 Å². The number of nitrogens with zero attached hydrogens (tertiary/aromatic N) is 3. The van der Waals surface area contributed by atoms with E-state index >= 15 is 0 Å². The van der Waals surface area contributed by atoms with Crippen LogP contribution in [0.3, 0.4) is 0 Å². The summed E-state index contributed by atoms with van der Waals surface area (Å²) >= 11 is 1.34. The zero-order valence-electron chi connectivity index (χ0n) is 17.3. The Balaban J connectivity index is 1.61. The minimum absolute atomic E-state index is 0.102. The summed E-state index contributed by atoms with van der Waals surface area (Å²) in [6.07, 6.45) is 0. The smallest absolute Gasteiger partial charge is 0.234 e. The Bertz CT molecular complexity index is 1170. The summed E-state index contributed by atoms with van der Waals surface area (Å²) in [7, 11) is 1.63. The Morgan fingerprint density at radius 2 is 1.68 bits per heavy atom. The van der Waals surface area contributed by atoms with Crippen molar-refractivity contribution in [1.82, 2.24) is 14.8 Å². The van der Waals surface area contributed by atoms with Gasteiger partial charge in [0.05, 0.1) is 18.4 Å². The number of thioether (sulfide) groups is 1. The number of amides is 1. The molecule has 0 fully saturated rings. The summed E-state index contributed by atoms with van der Waals surface area (Å²) in [6.45, 7) is 2.01. The van der Waals surface area contributed by atoms with Gasteiger partial charge in [0.1, 0.15) is 5.75 Å². The molecular weight excluding hydrogens is 408 g/mol. The molecule has 0 saturated carbocycles. The van der Waals surface area contributed by atoms with Gasteiger partial charge in [-0.2, -0.15) is 0 Å². The summed E-state index contributed by atoms with van der Waals surface area (Å²) < 4.78 is 7.47. The van der Waals surface area contributed by atoms with Gasteiger partial charge in [-0.05, 0) is 43.3 Å². The average Bonchev–Trinajstić information content (AvgIpc) is 3.23. The summed E-state index contributed by atoms with van der Waals surface area (Å²) in [5.74, 6) is 1.48. The first-order chi connectivity index (χ1) is 15.2. The van der Waals surface area contributed by atoms with Crippen molar-refractivity contribution in [2.75, 3.05) is 18.2 Å². The van der Waals surface area contributed by atoms with Gasteiger partial charge in [0.2, 0.25) is 5.91 Å². The van der Waals surface area contributed by atoms with Gasteiger partial charge in [-0.15, -0.1) is 10.2 Å². The number of ether oxygens (including phenoxy) is 1. The molecule has 31 heavy (non-hydrogen) atoms. The van der Waals surface area contributed by atoms with Gasteiger partial charge in [-0.1, -0.05) is 59.8 Å². The van der Waals surface area contributed by atoms with Crippen LogP contribution >= 0.6 is 11.8 Å². The van der Waals surface area contributed by atoms with E-state index in [0.29, 0.717) is 16.7 Å². The number of hydrogen-bond acceptors (Lipinski definition) is 5. The van der Waals surface area contributed by atoms with Crippen molar-refractivity contribution in [3.63, 3.8) is 0 Å². The second-order valence-electron chi connectivity index (χ2n) is 6.88. The maximum Gasteiger partial charge on any atom is 0.234 e. The number of benzene rings is 3. The van der Waals surface area contributed by atoms with Crippen molar-refractivity contribution in [2.24, 2.45) is 0 Å². The van der Waals surface area contributed by atoms with E-state index in [1.807, 2.05) is 90.4 Å². The van der Waals surface area contributed by atoms with Gasteiger partial charge in [-0.25, -0.2) is 0 Å². The van der Waals surface area contributed by atoms with Crippen LogP contribution in [0.1, 0.15) is 5.56 Å². The first-order valence-electron chi connectivity index (χ1n) is 9.79. The number of para-hydroxylation sites is 2. The Labute approximate surface area is 185 Å². The van der Waals surface area contributed by atoms with E-state index in [9.17, 15) is 4.79 Å². The number of methoxy groups -OCH3 is 1. The number of nitrogens with one attached hydrogen (secondary N) is 1. The molecule has 1 N–H and O–H groups in total. The second kappa shape index (κ2) is 9.49. The second-order valence-corrected chi connectivity index (χ2v) is 7.82. The zero-order chi connectivity index (χ0) is 21.6. The lowest BCUT2D eigenvalue weighted by atomic mass is 10.2. The Kier molecular flexibility index (Phi) is 6.33. The molecule has 4 rings (SSSR count). The van der Waals surface area contributed by atoms with Crippen LogP contribution in [-0.2, 0) is 4.79 Å². The molecule has 0 spiro atoms. The van der Waals surface area contributed by atoms with Gasteiger partial charge in [0.15, 0.2) is 11.0 Å². The quantitative estimate of drug-likeness (QED) is 0.419. The first-order valence-corrected chi connectivity index (χ1v) is 10.8. The fraction of sp³-hybridized carbons (Fsp3) is 0.125. The number of hydrogen-bond donors (Lipinski definition) is 1. The number of rotatable bonds is 7. The maximum atomic E-state index is 12.5. The zero-order valence-corrected chi connectivity index (χ0v) is 18.1. The Morgan fingerprint density at radius 1 is 0.968 bits per heavy atom. The highest BCUT2D eigenvalue weighted by Crippen LogP contribution is 2.33. The molecule has 0 aliphatic carbocycles. The molecule has 0 saturated heterocycles. The summed E-state index contributed by atoms with van der Waals surface area (Å²) in [4.78, 5) is 12.5. The van der Waals surface area contributed by atoms with Crippen molar-refractivity contribution >= 4 is 23.4 Å². The van der Waals surface area contributed by atoms with E-state index in [4.69, 9.17) is 4.74 Å². The number of aromatic nitrogens is 3. The lowest BCUT2D eigenvalue weighted by Crippen LogP contribution is -2.14. The van der Waals surface area contributed by atoms with Crippen LogP contribution in [0.4, 0.5) is 5.69 Å². The Morgan fingerprint density at radius 3 is 2.42 bits per heavy atom. The summed E-state index contributed by atoms with van der Waals surface area (Å²) in [5, 5.41) is 12.3. The van der Waals surface area contributed by atoms with Crippen LogP contribution in [0.15, 0.2) is 84.0 Å². The molecule has 0 bridgehead atoms. The van der Waals surface area contributed by atoms with Crippen LogP contribution in [0.25, 0.3) is 17.1 Å². The minimum Gasteiger partial charge on any atom is -0.496 e. The van der Waals surface area contributed by atoms with Crippen LogP contribution in [0.5, 0.6) is 5.75 Å². The van der Waals surface area contributed by atoms with Crippen LogP contribution in [0, 0.1) is 6.92 Å². The first kappa shape index (κ1) is 20.7. The van der Waals surface area contributed by atoms with Gasteiger partial charge >= 0.3 is 0 Å².